The molecule has 146 valence electrons. The van der Waals surface area contributed by atoms with Crippen LogP contribution in [0.1, 0.15) is 50.9 Å². The number of hydrogen-bond donors (Lipinski definition) is 1. The number of carbonyl (C=O) groups excluding carboxylic acids is 1. The molecule has 1 aliphatic heterocycles. The van der Waals surface area contributed by atoms with Gasteiger partial charge >= 0.3 is 0 Å². The van der Waals surface area contributed by atoms with Crippen LogP contribution in [0, 0.1) is 5.41 Å². The number of amides is 1. The first-order valence-electron chi connectivity index (χ1n) is 9.46. The highest BCUT2D eigenvalue weighted by atomic mass is 32.2. The number of nitrogens with one attached hydrogen (secondary N) is 1. The molecule has 0 radical (unpaired) electrons. The normalized spacial score (nSPS) is 25.6. The number of ether oxygens (including phenoxy) is 2. The quantitative estimate of drug-likeness (QED) is 0.789. The monoisotopic (exact) mass is 398 g/mol. The minimum atomic E-state index is -0.124. The first kappa shape index (κ1) is 17.7. The van der Waals surface area contributed by atoms with E-state index in [1.54, 1.807) is 18.2 Å². The molecule has 0 spiro atoms. The van der Waals surface area contributed by atoms with Gasteiger partial charge in [-0.3, -0.25) is 4.79 Å². The van der Waals surface area contributed by atoms with Crippen LogP contribution in [0.4, 0.5) is 5.69 Å². The zero-order valence-corrected chi connectivity index (χ0v) is 16.9. The van der Waals surface area contributed by atoms with Gasteiger partial charge in [-0.15, -0.1) is 5.10 Å². The zero-order chi connectivity index (χ0) is 19.5. The maximum atomic E-state index is 12.3. The average Bonchev–Trinajstić information content (AvgIpc) is 3.27. The maximum absolute atomic E-state index is 12.3. The molecule has 1 saturated carbocycles. The van der Waals surface area contributed by atoms with E-state index in [1.165, 1.54) is 11.8 Å². The van der Waals surface area contributed by atoms with Crippen LogP contribution >= 0.6 is 11.8 Å². The summed E-state index contributed by atoms with van der Waals surface area (Å²) >= 11 is 1.31. The number of hydrogen-bond acceptors (Lipinski definition) is 7. The van der Waals surface area contributed by atoms with Gasteiger partial charge in [0.05, 0.1) is 17.1 Å². The molecule has 2 atom stereocenters. The second-order valence-electron chi connectivity index (χ2n) is 8.38. The molecule has 2 aromatic rings. The molecule has 2 bridgehead atoms. The van der Waals surface area contributed by atoms with E-state index in [2.05, 4.69) is 36.3 Å². The van der Waals surface area contributed by atoms with Gasteiger partial charge in [-0.05, 0) is 30.4 Å². The summed E-state index contributed by atoms with van der Waals surface area (Å²) < 4.78 is 10.6. The van der Waals surface area contributed by atoms with Gasteiger partial charge in [-0.2, -0.15) is 5.10 Å². The minimum Gasteiger partial charge on any atom is -0.454 e. The summed E-state index contributed by atoms with van der Waals surface area (Å²) in [4.78, 5) is 17.1. The van der Waals surface area contributed by atoms with Crippen molar-refractivity contribution in [1.82, 2.24) is 15.2 Å². The van der Waals surface area contributed by atoms with Gasteiger partial charge in [0.15, 0.2) is 11.5 Å². The highest BCUT2D eigenvalue weighted by Crippen LogP contribution is 2.66. The lowest BCUT2D eigenvalue weighted by Gasteiger charge is -2.33. The summed E-state index contributed by atoms with van der Waals surface area (Å²) in [5, 5.41) is 12.2. The van der Waals surface area contributed by atoms with Crippen LogP contribution in [0.15, 0.2) is 23.4 Å². The molecule has 8 heteroatoms. The van der Waals surface area contributed by atoms with Crippen molar-refractivity contribution in [3.05, 3.63) is 29.6 Å². The molecule has 1 fully saturated rings. The number of benzene rings is 1. The van der Waals surface area contributed by atoms with Crippen molar-refractivity contribution in [2.75, 3.05) is 17.9 Å². The lowest BCUT2D eigenvalue weighted by atomic mass is 9.70. The van der Waals surface area contributed by atoms with Gasteiger partial charge in [0.1, 0.15) is 0 Å². The van der Waals surface area contributed by atoms with Crippen LogP contribution in [0.25, 0.3) is 0 Å². The molecule has 1 aromatic heterocycles. The molecule has 5 rings (SSSR count). The Kier molecular flexibility index (Phi) is 3.84. The number of thioether (sulfide) groups is 1. The Morgan fingerprint density at radius 2 is 2.07 bits per heavy atom. The summed E-state index contributed by atoms with van der Waals surface area (Å²) in [5.74, 6) is 1.86. The van der Waals surface area contributed by atoms with Gasteiger partial charge in [-0.1, -0.05) is 32.5 Å². The van der Waals surface area contributed by atoms with E-state index in [1.807, 2.05) is 0 Å². The standard InChI is InChI=1S/C20H22N4O3S/c1-19(2)12-6-7-20(19,3)17-16(12)23-24-18(22-17)28-9-15(25)21-11-4-5-13-14(8-11)27-10-26-13/h4-5,8,12H,6-7,9-10H2,1-3H3,(H,21,25). The first-order valence-corrected chi connectivity index (χ1v) is 10.4. The van der Waals surface area contributed by atoms with E-state index in [0.717, 1.165) is 24.2 Å². The molecule has 28 heavy (non-hydrogen) atoms. The average molecular weight is 398 g/mol. The molecule has 1 aromatic carbocycles. The van der Waals surface area contributed by atoms with Gasteiger partial charge in [-0.25, -0.2) is 4.98 Å². The third-order valence-corrected chi connectivity index (χ3v) is 7.60. The van der Waals surface area contributed by atoms with Crippen LogP contribution in [0.3, 0.4) is 0 Å². The molecule has 2 aliphatic carbocycles. The molecule has 2 unspecified atom stereocenters. The van der Waals surface area contributed by atoms with Crippen LogP contribution in [-0.4, -0.2) is 33.6 Å². The largest absolute Gasteiger partial charge is 0.454 e. The molecule has 7 nitrogen and oxygen atoms in total. The fourth-order valence-corrected chi connectivity index (χ4v) is 5.31. The summed E-state index contributed by atoms with van der Waals surface area (Å²) in [6.07, 6.45) is 2.28. The minimum absolute atomic E-state index is 0.0347. The van der Waals surface area contributed by atoms with Crippen LogP contribution in [-0.2, 0) is 10.2 Å². The van der Waals surface area contributed by atoms with Gasteiger partial charge in [0.2, 0.25) is 17.9 Å². The van der Waals surface area contributed by atoms with Crippen LogP contribution in [0.5, 0.6) is 11.5 Å². The Hall–Kier alpha value is -2.35. The predicted octanol–water partition coefficient (Wildman–Crippen LogP) is 3.51. The fraction of sp³-hybridized carbons (Fsp3) is 0.500. The Balaban J connectivity index is 1.26. The lowest BCUT2D eigenvalue weighted by molar-refractivity contribution is -0.113. The van der Waals surface area contributed by atoms with Gasteiger partial charge in [0.25, 0.3) is 0 Å². The molecule has 3 aliphatic rings. The number of carbonyl (C=O) groups is 1. The van der Waals surface area contributed by atoms with Crippen LogP contribution < -0.4 is 14.8 Å². The van der Waals surface area contributed by atoms with E-state index in [-0.39, 0.29) is 29.3 Å². The predicted molar refractivity (Wildman–Crippen MR) is 105 cm³/mol. The summed E-state index contributed by atoms with van der Waals surface area (Å²) in [7, 11) is 0. The molecule has 2 heterocycles. The highest BCUT2D eigenvalue weighted by molar-refractivity contribution is 7.99. The summed E-state index contributed by atoms with van der Waals surface area (Å²) in [6.45, 7) is 7.11. The Labute approximate surface area is 167 Å². The van der Waals surface area contributed by atoms with E-state index >= 15 is 0 Å². The first-order chi connectivity index (χ1) is 13.4. The highest BCUT2D eigenvalue weighted by Gasteiger charge is 2.61. The topological polar surface area (TPSA) is 86.2 Å². The third kappa shape index (κ3) is 2.50. The van der Waals surface area contributed by atoms with E-state index in [9.17, 15) is 4.79 Å². The third-order valence-electron chi connectivity index (χ3n) is 6.76. The fourth-order valence-electron chi connectivity index (χ4n) is 4.73. The number of aromatic nitrogens is 3. The summed E-state index contributed by atoms with van der Waals surface area (Å²) in [5.41, 5.74) is 2.98. The molecule has 0 saturated heterocycles. The van der Waals surface area contributed by atoms with Gasteiger partial charge in [0, 0.05) is 23.1 Å². The zero-order valence-electron chi connectivity index (χ0n) is 16.1. The number of anilines is 1. The Morgan fingerprint density at radius 3 is 2.93 bits per heavy atom. The SMILES string of the molecule is CC12CCC(c3nnc(SCC(=O)Nc4ccc5c(c4)OCO5)nc31)C2(C)C. The lowest BCUT2D eigenvalue weighted by Crippen LogP contribution is -2.32. The van der Waals surface area contributed by atoms with E-state index in [0.29, 0.717) is 28.3 Å². The van der Waals surface area contributed by atoms with E-state index in [4.69, 9.17) is 14.5 Å². The number of rotatable bonds is 4. The second kappa shape index (κ2) is 6.07. The van der Waals surface area contributed by atoms with E-state index < -0.39 is 0 Å². The second-order valence-corrected chi connectivity index (χ2v) is 9.32. The van der Waals surface area contributed by atoms with Crippen molar-refractivity contribution >= 4 is 23.4 Å². The van der Waals surface area contributed by atoms with Crippen molar-refractivity contribution in [3.8, 4) is 11.5 Å². The smallest absolute Gasteiger partial charge is 0.234 e. The maximum Gasteiger partial charge on any atom is 0.234 e. The van der Waals surface area contributed by atoms with Crippen molar-refractivity contribution < 1.29 is 14.3 Å². The molecule has 1 N–H and O–H groups in total. The van der Waals surface area contributed by atoms with Crippen molar-refractivity contribution in [2.24, 2.45) is 5.41 Å². The van der Waals surface area contributed by atoms with Gasteiger partial charge < -0.3 is 14.8 Å². The summed E-state index contributed by atoms with van der Waals surface area (Å²) in [6, 6.07) is 5.34. The van der Waals surface area contributed by atoms with Crippen molar-refractivity contribution in [3.63, 3.8) is 0 Å². The van der Waals surface area contributed by atoms with Crippen molar-refractivity contribution in [2.45, 2.75) is 50.1 Å². The molecule has 1 amide bonds. The molecular formula is C20H22N4O3S. The Bertz CT molecular complexity index is 980. The number of fused-ring (bicyclic) bond motifs is 6. The van der Waals surface area contributed by atoms with Crippen molar-refractivity contribution in [1.29, 1.82) is 0 Å². The molecular weight excluding hydrogens is 376 g/mol. The van der Waals surface area contributed by atoms with Crippen LogP contribution in [0.2, 0.25) is 0 Å². The Morgan fingerprint density at radius 1 is 1.25 bits per heavy atom. The number of nitrogens with zero attached hydrogens (tertiary/aromatic N) is 3.